The second-order valence-electron chi connectivity index (χ2n) is 9.54. The molecule has 2 aromatic carbocycles. The fourth-order valence-electron chi connectivity index (χ4n) is 4.00. The molecule has 1 aliphatic heterocycles. The molecule has 0 unspecified atom stereocenters. The topological polar surface area (TPSA) is 126 Å². The van der Waals surface area contributed by atoms with Crippen molar-refractivity contribution in [3.8, 4) is 17.2 Å². The van der Waals surface area contributed by atoms with E-state index in [1.807, 2.05) is 20.8 Å². The number of nitrogens with zero attached hydrogens (tertiary/aromatic N) is 1. The van der Waals surface area contributed by atoms with E-state index in [2.05, 4.69) is 0 Å². The van der Waals surface area contributed by atoms with E-state index in [1.165, 1.54) is 17.0 Å². The number of ether oxygens (including phenoxy) is 2. The standard InChI is InChI=1S/C26H32FN3O5/c1-5-34-17-9-16-13-30(25(29)23(16)19(27)12-17)14-20(31)15-10-18(26(2,3)4)24(33)21(11-15)35-8-6-7-22(28)32/h9-12,29,33H,5-8,13-14H2,1-4H3,(H2,28,32). The van der Waals surface area contributed by atoms with Crippen molar-refractivity contribution in [2.24, 2.45) is 5.73 Å². The molecule has 9 heteroatoms. The molecule has 0 aliphatic carbocycles. The van der Waals surface area contributed by atoms with Gasteiger partial charge in [-0.2, -0.15) is 0 Å². The zero-order valence-corrected chi connectivity index (χ0v) is 20.5. The van der Waals surface area contributed by atoms with Crippen LogP contribution in [0.2, 0.25) is 0 Å². The van der Waals surface area contributed by atoms with E-state index in [1.54, 1.807) is 19.1 Å². The van der Waals surface area contributed by atoms with Crippen molar-refractivity contribution >= 4 is 17.5 Å². The van der Waals surface area contributed by atoms with Crippen LogP contribution >= 0.6 is 0 Å². The van der Waals surface area contributed by atoms with E-state index < -0.39 is 17.1 Å². The van der Waals surface area contributed by atoms with Gasteiger partial charge < -0.3 is 25.2 Å². The molecule has 188 valence electrons. The fraction of sp³-hybridized carbons (Fsp3) is 0.423. The number of nitrogens with one attached hydrogen (secondary N) is 1. The van der Waals surface area contributed by atoms with Gasteiger partial charge in [0.25, 0.3) is 0 Å². The van der Waals surface area contributed by atoms with Crippen LogP contribution in [0.15, 0.2) is 24.3 Å². The maximum absolute atomic E-state index is 14.6. The fourth-order valence-corrected chi connectivity index (χ4v) is 4.00. The predicted molar refractivity (Wildman–Crippen MR) is 130 cm³/mol. The molecule has 1 aliphatic rings. The van der Waals surface area contributed by atoms with E-state index >= 15 is 0 Å². The van der Waals surface area contributed by atoms with Gasteiger partial charge in [0.15, 0.2) is 17.3 Å². The van der Waals surface area contributed by atoms with Gasteiger partial charge in [0.1, 0.15) is 17.4 Å². The summed E-state index contributed by atoms with van der Waals surface area (Å²) in [7, 11) is 0. The molecule has 0 atom stereocenters. The Hall–Kier alpha value is -3.62. The minimum Gasteiger partial charge on any atom is -0.504 e. The summed E-state index contributed by atoms with van der Waals surface area (Å²) in [6.45, 7) is 8.10. The first-order valence-corrected chi connectivity index (χ1v) is 11.5. The van der Waals surface area contributed by atoms with Crippen LogP contribution in [-0.2, 0) is 16.8 Å². The van der Waals surface area contributed by atoms with Crippen LogP contribution in [0.1, 0.15) is 67.6 Å². The SMILES string of the molecule is CCOc1cc(F)c2c(c1)CN(CC(=O)c1cc(OCCCC(N)=O)c(O)c(C(C)(C)C)c1)C2=N. The highest BCUT2D eigenvalue weighted by Crippen LogP contribution is 2.39. The number of Topliss-reactive ketones (excluding diaryl/α,β-unsaturated/α-hetero) is 1. The lowest BCUT2D eigenvalue weighted by molar-refractivity contribution is -0.118. The van der Waals surface area contributed by atoms with Crippen molar-refractivity contribution in [1.82, 2.24) is 4.90 Å². The molecule has 8 nitrogen and oxygen atoms in total. The largest absolute Gasteiger partial charge is 0.504 e. The summed E-state index contributed by atoms with van der Waals surface area (Å²) < 4.78 is 25.7. The second kappa shape index (κ2) is 10.3. The molecular weight excluding hydrogens is 453 g/mol. The van der Waals surface area contributed by atoms with Crippen LogP contribution in [0.4, 0.5) is 4.39 Å². The number of carbonyl (C=O) groups excluding carboxylic acids is 2. The molecule has 1 heterocycles. The van der Waals surface area contributed by atoms with Gasteiger partial charge in [-0.1, -0.05) is 20.8 Å². The lowest BCUT2D eigenvalue weighted by Gasteiger charge is -2.24. The number of fused-ring (bicyclic) bond motifs is 1. The predicted octanol–water partition coefficient (Wildman–Crippen LogP) is 3.90. The number of halogens is 1. The van der Waals surface area contributed by atoms with Gasteiger partial charge in [-0.15, -0.1) is 0 Å². The smallest absolute Gasteiger partial charge is 0.217 e. The number of benzene rings is 2. The molecule has 0 spiro atoms. The summed E-state index contributed by atoms with van der Waals surface area (Å²) in [6.07, 6.45) is 0.515. The molecule has 0 bridgehead atoms. The van der Waals surface area contributed by atoms with Crippen LogP contribution in [0, 0.1) is 11.2 Å². The maximum Gasteiger partial charge on any atom is 0.217 e. The van der Waals surface area contributed by atoms with Crippen molar-refractivity contribution in [3.63, 3.8) is 0 Å². The van der Waals surface area contributed by atoms with Gasteiger partial charge in [-0.05, 0) is 42.5 Å². The Morgan fingerprint density at radius 3 is 2.54 bits per heavy atom. The van der Waals surface area contributed by atoms with Crippen LogP contribution in [0.25, 0.3) is 0 Å². The molecule has 1 amide bonds. The van der Waals surface area contributed by atoms with E-state index in [9.17, 15) is 19.1 Å². The van der Waals surface area contributed by atoms with Gasteiger partial charge in [0.2, 0.25) is 5.91 Å². The molecule has 0 radical (unpaired) electrons. The highest BCUT2D eigenvalue weighted by molar-refractivity contribution is 6.05. The number of nitrogens with two attached hydrogens (primary N) is 1. The zero-order chi connectivity index (χ0) is 25.9. The molecule has 35 heavy (non-hydrogen) atoms. The minimum atomic E-state index is -0.558. The number of hydrogen-bond donors (Lipinski definition) is 3. The van der Waals surface area contributed by atoms with E-state index in [-0.39, 0.29) is 54.8 Å². The van der Waals surface area contributed by atoms with Crippen LogP contribution in [0.3, 0.4) is 0 Å². The normalized spacial score (nSPS) is 13.1. The van der Waals surface area contributed by atoms with Gasteiger partial charge in [0, 0.05) is 30.2 Å². The Morgan fingerprint density at radius 2 is 1.91 bits per heavy atom. The number of primary amides is 1. The van der Waals surface area contributed by atoms with E-state index in [4.69, 9.17) is 20.6 Å². The van der Waals surface area contributed by atoms with Crippen molar-refractivity contribution in [2.45, 2.75) is 52.5 Å². The Balaban J connectivity index is 1.84. The summed E-state index contributed by atoms with van der Waals surface area (Å²) >= 11 is 0. The number of phenols is 1. The monoisotopic (exact) mass is 485 g/mol. The van der Waals surface area contributed by atoms with Gasteiger partial charge in [-0.3, -0.25) is 15.0 Å². The first-order chi connectivity index (χ1) is 16.4. The van der Waals surface area contributed by atoms with Crippen LogP contribution in [0.5, 0.6) is 17.2 Å². The summed E-state index contributed by atoms with van der Waals surface area (Å²) in [5.41, 5.74) is 6.26. The summed E-state index contributed by atoms with van der Waals surface area (Å²) in [4.78, 5) is 25.7. The zero-order valence-electron chi connectivity index (χ0n) is 20.5. The number of amides is 1. The Labute approximate surface area is 204 Å². The minimum absolute atomic E-state index is 0.0633. The van der Waals surface area contributed by atoms with Crippen molar-refractivity contribution in [1.29, 1.82) is 5.41 Å². The summed E-state index contributed by atoms with van der Waals surface area (Å²) in [6, 6.07) is 6.02. The number of phenolic OH excluding ortho intramolecular Hbond substituents is 1. The van der Waals surface area contributed by atoms with Crippen LogP contribution in [-0.4, -0.2) is 47.3 Å². The van der Waals surface area contributed by atoms with Crippen molar-refractivity contribution < 1.29 is 28.6 Å². The molecule has 0 fully saturated rings. The molecule has 2 aromatic rings. The molecule has 0 aromatic heterocycles. The molecule has 0 saturated carbocycles. The van der Waals surface area contributed by atoms with Crippen LogP contribution < -0.4 is 15.2 Å². The number of rotatable bonds is 10. The highest BCUT2D eigenvalue weighted by Gasteiger charge is 2.31. The number of hydrogen-bond acceptors (Lipinski definition) is 6. The Morgan fingerprint density at radius 1 is 1.20 bits per heavy atom. The lowest BCUT2D eigenvalue weighted by Crippen LogP contribution is -2.30. The molecule has 0 saturated heterocycles. The van der Waals surface area contributed by atoms with E-state index in [0.29, 0.717) is 35.5 Å². The third-order valence-corrected chi connectivity index (χ3v) is 5.74. The van der Waals surface area contributed by atoms with Gasteiger partial charge in [0.05, 0.1) is 25.3 Å². The number of amidine groups is 1. The maximum atomic E-state index is 14.6. The molecule has 3 rings (SSSR count). The number of carbonyl (C=O) groups is 2. The number of ketones is 1. The second-order valence-corrected chi connectivity index (χ2v) is 9.54. The number of aromatic hydroxyl groups is 1. The third kappa shape index (κ3) is 5.90. The van der Waals surface area contributed by atoms with Gasteiger partial charge in [-0.25, -0.2) is 4.39 Å². The van der Waals surface area contributed by atoms with Crippen molar-refractivity contribution in [2.75, 3.05) is 19.8 Å². The molecular formula is C26H32FN3O5. The Bertz CT molecular complexity index is 1160. The first kappa shape index (κ1) is 26.0. The average Bonchev–Trinajstić information content (AvgIpc) is 3.06. The van der Waals surface area contributed by atoms with E-state index in [0.717, 1.165) is 0 Å². The Kier molecular flexibility index (Phi) is 7.67. The van der Waals surface area contributed by atoms with Crippen molar-refractivity contribution in [3.05, 3.63) is 52.3 Å². The third-order valence-electron chi connectivity index (χ3n) is 5.74. The molecule has 4 N–H and O–H groups in total. The average molecular weight is 486 g/mol. The quantitative estimate of drug-likeness (QED) is 0.346. The highest BCUT2D eigenvalue weighted by atomic mass is 19.1. The summed E-state index contributed by atoms with van der Waals surface area (Å²) in [5, 5.41) is 19.2. The van der Waals surface area contributed by atoms with Gasteiger partial charge >= 0.3 is 0 Å². The lowest BCUT2D eigenvalue weighted by atomic mass is 9.84. The summed E-state index contributed by atoms with van der Waals surface area (Å²) in [5.74, 6) is -0.922. The first-order valence-electron chi connectivity index (χ1n) is 11.5.